The van der Waals surface area contributed by atoms with Crippen molar-refractivity contribution in [1.29, 1.82) is 0 Å². The molecule has 0 aliphatic rings. The van der Waals surface area contributed by atoms with Crippen molar-refractivity contribution in [2.24, 2.45) is 0 Å². The van der Waals surface area contributed by atoms with Crippen LogP contribution in [0.4, 0.5) is 24.5 Å². The quantitative estimate of drug-likeness (QED) is 0.434. The lowest BCUT2D eigenvalue weighted by molar-refractivity contribution is -0.384. The van der Waals surface area contributed by atoms with Gasteiger partial charge in [0.15, 0.2) is 0 Å². The van der Waals surface area contributed by atoms with Crippen molar-refractivity contribution >= 4 is 17.3 Å². The molecule has 0 bridgehead atoms. The summed E-state index contributed by atoms with van der Waals surface area (Å²) in [6.07, 6.45) is -4.67. The monoisotopic (exact) mass is 383 g/mol. The Bertz CT molecular complexity index is 840. The second kappa shape index (κ2) is 8.39. The largest absolute Gasteiger partial charge is 0.497 e. The van der Waals surface area contributed by atoms with Gasteiger partial charge in [0.1, 0.15) is 11.4 Å². The number of ether oxygens (including phenoxy) is 1. The molecule has 0 unspecified atom stereocenters. The highest BCUT2D eigenvalue weighted by atomic mass is 19.4. The summed E-state index contributed by atoms with van der Waals surface area (Å²) in [7, 11) is 1.47. The topological polar surface area (TPSA) is 93.5 Å². The van der Waals surface area contributed by atoms with Crippen LogP contribution >= 0.6 is 0 Å². The summed E-state index contributed by atoms with van der Waals surface area (Å²) in [5.74, 6) is 0.138. The second-order valence-corrected chi connectivity index (χ2v) is 5.40. The fourth-order valence-electron chi connectivity index (χ4n) is 2.25. The molecule has 0 aliphatic carbocycles. The highest BCUT2D eigenvalue weighted by Crippen LogP contribution is 2.34. The van der Waals surface area contributed by atoms with Gasteiger partial charge in [-0.05, 0) is 30.3 Å². The molecule has 2 aromatic rings. The molecular formula is C17H16F3N3O4. The van der Waals surface area contributed by atoms with Crippen LogP contribution in [0.3, 0.4) is 0 Å². The summed E-state index contributed by atoms with van der Waals surface area (Å²) >= 11 is 0. The number of nitro groups is 1. The zero-order chi connectivity index (χ0) is 20.0. The average molecular weight is 383 g/mol. The Kier molecular flexibility index (Phi) is 6.22. The molecule has 27 heavy (non-hydrogen) atoms. The maximum atomic E-state index is 12.7. The van der Waals surface area contributed by atoms with Gasteiger partial charge in [-0.15, -0.1) is 0 Å². The highest BCUT2D eigenvalue weighted by molar-refractivity contribution is 5.94. The van der Waals surface area contributed by atoms with Crippen molar-refractivity contribution in [2.45, 2.75) is 6.18 Å². The van der Waals surface area contributed by atoms with E-state index < -0.39 is 22.4 Å². The standard InChI is InChI=1S/C17H16F3N3O4/c1-27-13-4-2-3-11(9-13)16(24)22-8-7-21-14-6-5-12(17(18,19)20)10-15(14)23(25)26/h2-6,9-10,21H,7-8H2,1H3,(H,22,24). The first-order valence-corrected chi connectivity index (χ1v) is 7.74. The number of carbonyl (C=O) groups excluding carboxylic acids is 1. The van der Waals surface area contributed by atoms with Crippen LogP contribution < -0.4 is 15.4 Å². The fraction of sp³-hybridized carbons (Fsp3) is 0.235. The first-order valence-electron chi connectivity index (χ1n) is 7.74. The molecule has 1 amide bonds. The number of nitrogens with zero attached hydrogens (tertiary/aromatic N) is 1. The molecular weight excluding hydrogens is 367 g/mol. The van der Waals surface area contributed by atoms with Crippen molar-refractivity contribution in [1.82, 2.24) is 5.32 Å². The van der Waals surface area contributed by atoms with Gasteiger partial charge in [-0.2, -0.15) is 13.2 Å². The summed E-state index contributed by atoms with van der Waals surface area (Å²) in [6.45, 7) is 0.191. The summed E-state index contributed by atoms with van der Waals surface area (Å²) in [6, 6.07) is 8.68. The molecule has 0 aromatic heterocycles. The van der Waals surface area contributed by atoms with Crippen molar-refractivity contribution in [3.8, 4) is 5.75 Å². The Labute approximate surface area is 152 Å². The lowest BCUT2D eigenvalue weighted by atomic mass is 10.1. The van der Waals surface area contributed by atoms with Crippen molar-refractivity contribution in [3.63, 3.8) is 0 Å². The van der Waals surface area contributed by atoms with Gasteiger partial charge >= 0.3 is 6.18 Å². The molecule has 10 heteroatoms. The van der Waals surface area contributed by atoms with Gasteiger partial charge in [-0.1, -0.05) is 6.07 Å². The first kappa shape index (κ1) is 20.0. The highest BCUT2D eigenvalue weighted by Gasteiger charge is 2.32. The predicted molar refractivity (Wildman–Crippen MR) is 91.9 cm³/mol. The Morgan fingerprint density at radius 3 is 2.56 bits per heavy atom. The minimum absolute atomic E-state index is 0.0661. The normalized spacial score (nSPS) is 11.0. The summed E-state index contributed by atoms with van der Waals surface area (Å²) in [4.78, 5) is 22.1. The van der Waals surface area contributed by atoms with Gasteiger partial charge in [0.25, 0.3) is 11.6 Å². The van der Waals surface area contributed by atoms with Gasteiger partial charge in [0.2, 0.25) is 0 Å². The van der Waals surface area contributed by atoms with Gasteiger partial charge in [-0.3, -0.25) is 14.9 Å². The molecule has 0 radical (unpaired) electrons. The minimum atomic E-state index is -4.67. The Balaban J connectivity index is 1.96. The maximum absolute atomic E-state index is 12.7. The third-order valence-electron chi connectivity index (χ3n) is 3.58. The van der Waals surface area contributed by atoms with E-state index in [0.717, 1.165) is 12.1 Å². The molecule has 0 heterocycles. The number of carbonyl (C=O) groups is 1. The van der Waals surface area contributed by atoms with Crippen molar-refractivity contribution < 1.29 is 27.6 Å². The van der Waals surface area contributed by atoms with Crippen LogP contribution in [0.15, 0.2) is 42.5 Å². The number of anilines is 1. The number of amides is 1. The van der Waals surface area contributed by atoms with E-state index in [9.17, 15) is 28.1 Å². The minimum Gasteiger partial charge on any atom is -0.497 e. The van der Waals surface area contributed by atoms with Crippen LogP contribution in [-0.2, 0) is 6.18 Å². The smallest absolute Gasteiger partial charge is 0.416 e. The number of hydrogen-bond donors (Lipinski definition) is 2. The number of nitrogens with one attached hydrogen (secondary N) is 2. The SMILES string of the molecule is COc1cccc(C(=O)NCCNc2ccc(C(F)(F)F)cc2[N+](=O)[O-])c1. The van der Waals surface area contributed by atoms with E-state index in [0.29, 0.717) is 17.4 Å². The Morgan fingerprint density at radius 2 is 1.93 bits per heavy atom. The van der Waals surface area contributed by atoms with E-state index in [2.05, 4.69) is 10.6 Å². The lowest BCUT2D eigenvalue weighted by Gasteiger charge is -2.11. The van der Waals surface area contributed by atoms with Crippen LogP contribution in [0.1, 0.15) is 15.9 Å². The molecule has 0 spiro atoms. The van der Waals surface area contributed by atoms with Gasteiger partial charge in [-0.25, -0.2) is 0 Å². The Hall–Kier alpha value is -3.30. The molecule has 2 N–H and O–H groups in total. The number of nitro benzene ring substituents is 1. The predicted octanol–water partition coefficient (Wildman–Crippen LogP) is 3.46. The molecule has 0 saturated heterocycles. The summed E-state index contributed by atoms with van der Waals surface area (Å²) in [5, 5.41) is 16.3. The first-order chi connectivity index (χ1) is 12.7. The van der Waals surface area contributed by atoms with E-state index in [-0.39, 0.29) is 24.7 Å². The third-order valence-corrected chi connectivity index (χ3v) is 3.58. The van der Waals surface area contributed by atoms with E-state index >= 15 is 0 Å². The Morgan fingerprint density at radius 1 is 1.19 bits per heavy atom. The zero-order valence-electron chi connectivity index (χ0n) is 14.2. The van der Waals surface area contributed by atoms with Crippen LogP contribution in [0.2, 0.25) is 0 Å². The van der Waals surface area contributed by atoms with E-state index in [1.54, 1.807) is 24.3 Å². The maximum Gasteiger partial charge on any atom is 0.416 e. The van der Waals surface area contributed by atoms with E-state index in [1.807, 2.05) is 0 Å². The number of halogens is 3. The van der Waals surface area contributed by atoms with Crippen molar-refractivity contribution in [3.05, 3.63) is 63.7 Å². The van der Waals surface area contributed by atoms with Crippen LogP contribution in [-0.4, -0.2) is 31.0 Å². The molecule has 2 aromatic carbocycles. The van der Waals surface area contributed by atoms with E-state index in [4.69, 9.17) is 4.74 Å². The average Bonchev–Trinajstić information content (AvgIpc) is 2.64. The van der Waals surface area contributed by atoms with Crippen LogP contribution in [0, 0.1) is 10.1 Å². The molecule has 0 fully saturated rings. The van der Waals surface area contributed by atoms with Gasteiger partial charge in [0.05, 0.1) is 17.6 Å². The molecule has 0 saturated carbocycles. The third kappa shape index (κ3) is 5.33. The summed E-state index contributed by atoms with van der Waals surface area (Å²) < 4.78 is 43.0. The number of methoxy groups -OCH3 is 1. The van der Waals surface area contributed by atoms with Crippen LogP contribution in [0.25, 0.3) is 0 Å². The number of benzene rings is 2. The fourth-order valence-corrected chi connectivity index (χ4v) is 2.25. The molecule has 2 rings (SSSR count). The molecule has 0 atom stereocenters. The van der Waals surface area contributed by atoms with Crippen LogP contribution in [0.5, 0.6) is 5.75 Å². The molecule has 7 nitrogen and oxygen atoms in total. The van der Waals surface area contributed by atoms with Gasteiger partial charge in [0, 0.05) is 24.7 Å². The number of hydrogen-bond acceptors (Lipinski definition) is 5. The lowest BCUT2D eigenvalue weighted by Crippen LogP contribution is -2.28. The molecule has 0 aliphatic heterocycles. The zero-order valence-corrected chi connectivity index (χ0v) is 14.2. The number of rotatable bonds is 7. The molecule has 144 valence electrons. The van der Waals surface area contributed by atoms with Crippen molar-refractivity contribution in [2.75, 3.05) is 25.5 Å². The number of alkyl halides is 3. The second-order valence-electron chi connectivity index (χ2n) is 5.40. The van der Waals surface area contributed by atoms with E-state index in [1.165, 1.54) is 7.11 Å². The summed E-state index contributed by atoms with van der Waals surface area (Å²) in [5.41, 5.74) is -1.49. The van der Waals surface area contributed by atoms with Gasteiger partial charge < -0.3 is 15.4 Å².